The van der Waals surface area contributed by atoms with E-state index in [-0.39, 0.29) is 0 Å². The van der Waals surface area contributed by atoms with Gasteiger partial charge in [-0.25, -0.2) is 14.6 Å². The Morgan fingerprint density at radius 3 is 3.00 bits per heavy atom. The van der Waals surface area contributed by atoms with Crippen molar-refractivity contribution in [2.45, 2.75) is 51.7 Å². The number of hydrogen-bond donors (Lipinski definition) is 0. The predicted molar refractivity (Wildman–Crippen MR) is 85.1 cm³/mol. The lowest BCUT2D eigenvalue weighted by Gasteiger charge is -2.35. The van der Waals surface area contributed by atoms with Crippen molar-refractivity contribution in [1.82, 2.24) is 24.6 Å². The SMILES string of the molecule is C=Cn1cc(CN2[C@H]3CC[C@@H]2c2cnc(C)nc2C3)c(C)n1. The van der Waals surface area contributed by atoms with Crippen LogP contribution in [0.2, 0.25) is 0 Å². The summed E-state index contributed by atoms with van der Waals surface area (Å²) in [7, 11) is 0. The zero-order valence-electron chi connectivity index (χ0n) is 13.2. The van der Waals surface area contributed by atoms with E-state index in [0.717, 1.165) is 24.5 Å². The van der Waals surface area contributed by atoms with Gasteiger partial charge in [0.15, 0.2) is 0 Å². The largest absolute Gasteiger partial charge is 0.288 e. The van der Waals surface area contributed by atoms with Gasteiger partial charge in [0.2, 0.25) is 0 Å². The van der Waals surface area contributed by atoms with Crippen molar-refractivity contribution in [2.75, 3.05) is 0 Å². The molecule has 2 atom stereocenters. The second kappa shape index (κ2) is 5.02. The first-order chi connectivity index (χ1) is 10.7. The Kier molecular flexibility index (Phi) is 3.11. The quantitative estimate of drug-likeness (QED) is 0.873. The van der Waals surface area contributed by atoms with Crippen molar-refractivity contribution in [3.05, 3.63) is 47.3 Å². The van der Waals surface area contributed by atoms with Gasteiger partial charge in [-0.1, -0.05) is 6.58 Å². The molecule has 1 fully saturated rings. The van der Waals surface area contributed by atoms with Gasteiger partial charge in [0.25, 0.3) is 0 Å². The minimum Gasteiger partial charge on any atom is -0.288 e. The Hall–Kier alpha value is -2.01. The van der Waals surface area contributed by atoms with Gasteiger partial charge in [-0.05, 0) is 26.7 Å². The molecule has 0 saturated carbocycles. The lowest BCUT2D eigenvalue weighted by atomic mass is 9.98. The maximum absolute atomic E-state index is 4.66. The molecule has 0 spiro atoms. The van der Waals surface area contributed by atoms with E-state index in [2.05, 4.69) is 39.7 Å². The summed E-state index contributed by atoms with van der Waals surface area (Å²) in [6.45, 7) is 8.77. The average Bonchev–Trinajstić information content (AvgIpc) is 2.99. The smallest absolute Gasteiger partial charge is 0.125 e. The summed E-state index contributed by atoms with van der Waals surface area (Å²) in [5.74, 6) is 0.884. The molecule has 0 amide bonds. The minimum atomic E-state index is 0.459. The average molecular weight is 295 g/mol. The first kappa shape index (κ1) is 13.6. The van der Waals surface area contributed by atoms with Crippen molar-refractivity contribution in [3.8, 4) is 0 Å². The molecule has 0 aromatic carbocycles. The Balaban J connectivity index is 1.65. The molecule has 4 rings (SSSR count). The molecule has 2 aliphatic rings. The molecule has 4 heterocycles. The highest BCUT2D eigenvalue weighted by molar-refractivity contribution is 5.30. The van der Waals surface area contributed by atoms with Crippen LogP contribution in [-0.2, 0) is 13.0 Å². The zero-order valence-corrected chi connectivity index (χ0v) is 13.2. The number of fused-ring (bicyclic) bond motifs is 4. The van der Waals surface area contributed by atoms with Crippen molar-refractivity contribution in [1.29, 1.82) is 0 Å². The van der Waals surface area contributed by atoms with E-state index in [9.17, 15) is 0 Å². The van der Waals surface area contributed by atoms with Crippen molar-refractivity contribution in [2.24, 2.45) is 0 Å². The lowest BCUT2D eigenvalue weighted by molar-refractivity contribution is 0.165. The number of rotatable bonds is 3. The molecule has 114 valence electrons. The first-order valence-corrected chi connectivity index (χ1v) is 7.91. The predicted octanol–water partition coefficient (Wildman–Crippen LogP) is 2.65. The summed E-state index contributed by atoms with van der Waals surface area (Å²) < 4.78 is 1.80. The van der Waals surface area contributed by atoms with Crippen molar-refractivity contribution < 1.29 is 0 Å². The standard InChI is InChI=1S/C17H21N5/c1-4-21-9-13(11(2)20-21)10-22-14-5-6-17(22)15-8-18-12(3)19-16(15)7-14/h4,8-9,14,17H,1,5-7,10H2,2-3H3/t14-,17+/m0/s1. The summed E-state index contributed by atoms with van der Waals surface area (Å²) >= 11 is 0. The number of hydrogen-bond acceptors (Lipinski definition) is 4. The van der Waals surface area contributed by atoms with E-state index in [0.29, 0.717) is 12.1 Å². The Morgan fingerprint density at radius 2 is 2.23 bits per heavy atom. The fourth-order valence-corrected chi connectivity index (χ4v) is 3.89. The summed E-state index contributed by atoms with van der Waals surface area (Å²) in [5, 5.41) is 4.47. The third-order valence-electron chi connectivity index (χ3n) is 5.01. The molecule has 2 bridgehead atoms. The van der Waals surface area contributed by atoms with Crippen LogP contribution < -0.4 is 0 Å². The van der Waals surface area contributed by atoms with Crippen LogP contribution in [0.1, 0.15) is 47.2 Å². The third kappa shape index (κ3) is 2.08. The molecule has 5 nitrogen and oxygen atoms in total. The molecule has 2 aliphatic heterocycles. The van der Waals surface area contributed by atoms with E-state index >= 15 is 0 Å². The van der Waals surface area contributed by atoms with Gasteiger partial charge in [-0.3, -0.25) is 4.90 Å². The van der Waals surface area contributed by atoms with Gasteiger partial charge in [0.1, 0.15) is 5.82 Å². The molecule has 5 heteroatoms. The fraction of sp³-hybridized carbons (Fsp3) is 0.471. The van der Waals surface area contributed by atoms with Gasteiger partial charge < -0.3 is 0 Å². The molecular weight excluding hydrogens is 274 g/mol. The Labute approximate surface area is 130 Å². The summed E-state index contributed by atoms with van der Waals surface area (Å²) in [5.41, 5.74) is 4.96. The molecule has 2 aromatic heterocycles. The molecule has 2 aromatic rings. The van der Waals surface area contributed by atoms with Crippen LogP contribution in [0.4, 0.5) is 0 Å². The van der Waals surface area contributed by atoms with Crippen LogP contribution in [0.15, 0.2) is 19.0 Å². The summed E-state index contributed by atoms with van der Waals surface area (Å²) in [6, 6.07) is 1.05. The molecule has 22 heavy (non-hydrogen) atoms. The maximum Gasteiger partial charge on any atom is 0.125 e. The van der Waals surface area contributed by atoms with Crippen LogP contribution in [-0.4, -0.2) is 30.7 Å². The van der Waals surface area contributed by atoms with Crippen LogP contribution in [0, 0.1) is 13.8 Å². The first-order valence-electron chi connectivity index (χ1n) is 7.91. The Bertz CT molecular complexity index is 733. The number of nitrogens with zero attached hydrogens (tertiary/aromatic N) is 5. The van der Waals surface area contributed by atoms with E-state index in [4.69, 9.17) is 0 Å². The van der Waals surface area contributed by atoms with Gasteiger partial charge in [0, 0.05) is 54.8 Å². The fourth-order valence-electron chi connectivity index (χ4n) is 3.89. The molecular formula is C17H21N5. The molecule has 0 N–H and O–H groups in total. The normalized spacial score (nSPS) is 23.5. The van der Waals surface area contributed by atoms with E-state index in [1.165, 1.54) is 29.7 Å². The summed E-state index contributed by atoms with van der Waals surface area (Å²) in [4.78, 5) is 11.7. The highest BCUT2D eigenvalue weighted by Crippen LogP contribution is 2.43. The second-order valence-electron chi connectivity index (χ2n) is 6.35. The molecule has 0 unspecified atom stereocenters. The van der Waals surface area contributed by atoms with Gasteiger partial charge >= 0.3 is 0 Å². The second-order valence-corrected chi connectivity index (χ2v) is 6.35. The molecule has 0 radical (unpaired) electrons. The lowest BCUT2D eigenvalue weighted by Crippen LogP contribution is -2.37. The molecule has 1 saturated heterocycles. The third-order valence-corrected chi connectivity index (χ3v) is 5.01. The monoisotopic (exact) mass is 295 g/mol. The van der Waals surface area contributed by atoms with Crippen LogP contribution in [0.25, 0.3) is 6.20 Å². The maximum atomic E-state index is 4.66. The van der Waals surface area contributed by atoms with Crippen LogP contribution >= 0.6 is 0 Å². The highest BCUT2D eigenvalue weighted by atomic mass is 15.3. The van der Waals surface area contributed by atoms with E-state index < -0.39 is 0 Å². The van der Waals surface area contributed by atoms with Crippen molar-refractivity contribution in [3.63, 3.8) is 0 Å². The van der Waals surface area contributed by atoms with Crippen molar-refractivity contribution >= 4 is 6.20 Å². The highest BCUT2D eigenvalue weighted by Gasteiger charge is 2.40. The minimum absolute atomic E-state index is 0.459. The topological polar surface area (TPSA) is 46.8 Å². The number of aryl methyl sites for hydroxylation is 2. The number of aromatic nitrogens is 4. The van der Waals surface area contributed by atoms with Gasteiger partial charge in [0.05, 0.1) is 11.4 Å². The Morgan fingerprint density at radius 1 is 1.36 bits per heavy atom. The van der Waals surface area contributed by atoms with E-state index in [1.54, 1.807) is 10.9 Å². The van der Waals surface area contributed by atoms with Crippen LogP contribution in [0.3, 0.4) is 0 Å². The molecule has 0 aliphatic carbocycles. The zero-order chi connectivity index (χ0) is 15.3. The van der Waals surface area contributed by atoms with E-state index in [1.807, 2.05) is 13.1 Å². The van der Waals surface area contributed by atoms with Gasteiger partial charge in [-0.2, -0.15) is 5.10 Å². The summed E-state index contributed by atoms with van der Waals surface area (Å²) in [6.07, 6.45) is 9.37. The van der Waals surface area contributed by atoms with Crippen LogP contribution in [0.5, 0.6) is 0 Å². The van der Waals surface area contributed by atoms with Gasteiger partial charge in [-0.15, -0.1) is 0 Å².